The number of nitrogens with zero attached hydrogens (tertiary/aromatic N) is 2. The maximum atomic E-state index is 12.1. The van der Waals surface area contributed by atoms with Crippen molar-refractivity contribution in [2.45, 2.75) is 41.5 Å². The van der Waals surface area contributed by atoms with Crippen LogP contribution in [-0.2, 0) is 28.7 Å². The molecular weight excluding hydrogens is 432 g/mol. The highest BCUT2D eigenvalue weighted by molar-refractivity contribution is 7.96. The summed E-state index contributed by atoms with van der Waals surface area (Å²) >= 11 is 3.79. The Kier molecular flexibility index (Phi) is 16.7. The number of hydrogen-bond donors (Lipinski definition) is 1. The summed E-state index contributed by atoms with van der Waals surface area (Å²) in [4.78, 5) is 50.9. The predicted octanol–water partition coefficient (Wildman–Crippen LogP) is 1.76. The van der Waals surface area contributed by atoms with Gasteiger partial charge in [0.2, 0.25) is 0 Å². The lowest BCUT2D eigenvalue weighted by Gasteiger charge is -2.22. The van der Waals surface area contributed by atoms with Crippen LogP contribution in [0.4, 0.5) is 0 Å². The number of Topliss-reactive ketones (excluding diaryl/α,β-unsaturated/α-hetero) is 3. The van der Waals surface area contributed by atoms with Gasteiger partial charge in [-0.05, 0) is 0 Å². The van der Waals surface area contributed by atoms with Crippen LogP contribution in [0.15, 0.2) is 0 Å². The molecule has 0 unspecified atom stereocenters. The van der Waals surface area contributed by atoms with E-state index < -0.39 is 0 Å². The van der Waals surface area contributed by atoms with Gasteiger partial charge in [0.15, 0.2) is 5.12 Å². The van der Waals surface area contributed by atoms with Gasteiger partial charge in [0, 0.05) is 30.8 Å². The summed E-state index contributed by atoms with van der Waals surface area (Å²) in [5.41, 5.74) is 0. The molecule has 0 radical (unpaired) electrons. The number of ketones is 3. The van der Waals surface area contributed by atoms with Gasteiger partial charge in [0.05, 0.1) is 52.6 Å². The molecule has 0 aliphatic heterocycles. The van der Waals surface area contributed by atoms with Crippen LogP contribution < -0.4 is 0 Å². The van der Waals surface area contributed by atoms with Crippen molar-refractivity contribution in [2.24, 2.45) is 17.8 Å². The average Bonchev–Trinajstić information content (AvgIpc) is 2.68. The van der Waals surface area contributed by atoms with Crippen molar-refractivity contribution in [3.63, 3.8) is 0 Å². The molecule has 0 rings (SSSR count). The summed E-state index contributed by atoms with van der Waals surface area (Å²) in [6, 6.07) is 0. The van der Waals surface area contributed by atoms with Crippen molar-refractivity contribution in [3.8, 4) is 0 Å². The zero-order valence-corrected chi connectivity index (χ0v) is 21.5. The van der Waals surface area contributed by atoms with Crippen LogP contribution in [0.5, 0.6) is 0 Å². The second kappa shape index (κ2) is 17.4. The molecule has 0 spiro atoms. The Labute approximate surface area is 198 Å². The third kappa shape index (κ3) is 15.6. The minimum Gasteiger partial charge on any atom is -0.378 e. The molecule has 0 aliphatic carbocycles. The molecule has 0 saturated heterocycles. The molecule has 8 nitrogen and oxygen atoms in total. The first-order valence-electron chi connectivity index (χ1n) is 11.3. The Morgan fingerprint density at radius 2 is 0.906 bits per heavy atom. The van der Waals surface area contributed by atoms with E-state index in [0.29, 0.717) is 39.5 Å². The molecule has 0 heterocycles. The lowest BCUT2D eigenvalue weighted by Crippen LogP contribution is -2.39. The van der Waals surface area contributed by atoms with Crippen LogP contribution in [-0.4, -0.2) is 98.0 Å². The standard InChI is InChI=1S/C23H42N2O6S/c1-17(2)20(26)13-24(14-21(27)18(3)4)7-9-30-11-12-31-10-8-25(16-23(29)32)15-22(28)19(5)6/h17-19H,7-16H2,1-6H3,(H,29,32). The first kappa shape index (κ1) is 30.9. The van der Waals surface area contributed by atoms with E-state index in [2.05, 4.69) is 12.6 Å². The molecule has 0 saturated carbocycles. The monoisotopic (exact) mass is 474 g/mol. The number of ether oxygens (including phenoxy) is 2. The van der Waals surface area contributed by atoms with Crippen molar-refractivity contribution < 1.29 is 28.7 Å². The predicted molar refractivity (Wildman–Crippen MR) is 128 cm³/mol. The fraction of sp³-hybridized carbons (Fsp3) is 0.826. The number of thiol groups is 1. The summed E-state index contributed by atoms with van der Waals surface area (Å²) in [6.45, 7) is 14.3. The van der Waals surface area contributed by atoms with Crippen molar-refractivity contribution in [2.75, 3.05) is 65.7 Å². The summed E-state index contributed by atoms with van der Waals surface area (Å²) in [7, 11) is 0. The molecule has 0 aromatic rings. The first-order chi connectivity index (χ1) is 14.9. The lowest BCUT2D eigenvalue weighted by atomic mass is 10.1. The maximum Gasteiger partial charge on any atom is 0.199 e. The second-order valence-electron chi connectivity index (χ2n) is 8.90. The van der Waals surface area contributed by atoms with Gasteiger partial charge in [-0.25, -0.2) is 0 Å². The zero-order valence-electron chi connectivity index (χ0n) is 20.6. The molecule has 186 valence electrons. The summed E-state index contributed by atoms with van der Waals surface area (Å²) in [5.74, 6) is 0.0334. The van der Waals surface area contributed by atoms with E-state index in [0.717, 1.165) is 0 Å². The summed E-state index contributed by atoms with van der Waals surface area (Å²) in [5, 5.41) is -0.290. The van der Waals surface area contributed by atoms with Crippen LogP contribution in [0.25, 0.3) is 0 Å². The van der Waals surface area contributed by atoms with E-state index in [4.69, 9.17) is 9.47 Å². The van der Waals surface area contributed by atoms with Crippen molar-refractivity contribution in [1.29, 1.82) is 0 Å². The van der Waals surface area contributed by atoms with Crippen LogP contribution in [0.3, 0.4) is 0 Å². The fourth-order valence-corrected chi connectivity index (χ4v) is 2.74. The van der Waals surface area contributed by atoms with E-state index in [-0.39, 0.29) is 66.4 Å². The van der Waals surface area contributed by atoms with Gasteiger partial charge in [0.25, 0.3) is 0 Å². The van der Waals surface area contributed by atoms with Crippen LogP contribution >= 0.6 is 12.6 Å². The fourth-order valence-electron chi connectivity index (χ4n) is 2.54. The second-order valence-corrected chi connectivity index (χ2v) is 9.40. The topological polar surface area (TPSA) is 93.2 Å². The van der Waals surface area contributed by atoms with E-state index in [1.807, 2.05) is 46.4 Å². The minimum atomic E-state index is -0.290. The van der Waals surface area contributed by atoms with Crippen molar-refractivity contribution >= 4 is 35.1 Å². The summed E-state index contributed by atoms with van der Waals surface area (Å²) < 4.78 is 11.1. The molecule has 0 aromatic heterocycles. The Hall–Kier alpha value is -1.13. The van der Waals surface area contributed by atoms with Gasteiger partial charge < -0.3 is 9.47 Å². The Morgan fingerprint density at radius 1 is 0.594 bits per heavy atom. The number of carbonyl (C=O) groups is 4. The lowest BCUT2D eigenvalue weighted by molar-refractivity contribution is -0.127. The molecular formula is C23H42N2O6S. The van der Waals surface area contributed by atoms with Gasteiger partial charge in [-0.3, -0.25) is 29.0 Å². The van der Waals surface area contributed by atoms with E-state index in [9.17, 15) is 19.2 Å². The van der Waals surface area contributed by atoms with Crippen LogP contribution in [0.1, 0.15) is 41.5 Å². The Morgan fingerprint density at radius 3 is 1.19 bits per heavy atom. The Bertz CT molecular complexity index is 573. The van der Waals surface area contributed by atoms with Crippen LogP contribution in [0.2, 0.25) is 0 Å². The maximum absolute atomic E-state index is 12.1. The quantitative estimate of drug-likeness (QED) is 0.211. The highest BCUT2D eigenvalue weighted by Crippen LogP contribution is 2.03. The average molecular weight is 475 g/mol. The molecule has 0 bridgehead atoms. The Balaban J connectivity index is 4.23. The molecule has 0 N–H and O–H groups in total. The van der Waals surface area contributed by atoms with Crippen molar-refractivity contribution in [3.05, 3.63) is 0 Å². The highest BCUT2D eigenvalue weighted by Gasteiger charge is 2.18. The SMILES string of the molecule is CC(C)C(=O)CN(CCOCCOCCN(CC(=O)C(C)C)CC(=O)C(C)C)CC(=O)S. The molecule has 0 amide bonds. The first-order valence-corrected chi connectivity index (χ1v) is 11.8. The molecule has 0 atom stereocenters. The number of hydrogen-bond acceptors (Lipinski definition) is 8. The minimum absolute atomic E-state index is 0.0689. The molecule has 9 heteroatoms. The third-order valence-electron chi connectivity index (χ3n) is 4.90. The van der Waals surface area contributed by atoms with Gasteiger partial charge in [-0.1, -0.05) is 41.5 Å². The normalized spacial score (nSPS) is 11.9. The smallest absolute Gasteiger partial charge is 0.199 e. The zero-order chi connectivity index (χ0) is 24.7. The third-order valence-corrected chi connectivity index (χ3v) is 5.05. The highest BCUT2D eigenvalue weighted by atomic mass is 32.1. The molecule has 0 aromatic carbocycles. The van der Waals surface area contributed by atoms with Gasteiger partial charge >= 0.3 is 0 Å². The van der Waals surface area contributed by atoms with Crippen molar-refractivity contribution in [1.82, 2.24) is 9.80 Å². The number of rotatable bonds is 20. The van der Waals surface area contributed by atoms with E-state index in [1.54, 1.807) is 4.90 Å². The molecule has 32 heavy (non-hydrogen) atoms. The molecule has 0 aliphatic rings. The van der Waals surface area contributed by atoms with Gasteiger partial charge in [-0.2, -0.15) is 0 Å². The molecule has 0 fully saturated rings. The van der Waals surface area contributed by atoms with Gasteiger partial charge in [-0.15, -0.1) is 12.6 Å². The summed E-state index contributed by atoms with van der Waals surface area (Å²) in [6.07, 6.45) is 0. The van der Waals surface area contributed by atoms with Crippen LogP contribution in [0, 0.1) is 17.8 Å². The number of carbonyl (C=O) groups excluding carboxylic acids is 4. The van der Waals surface area contributed by atoms with E-state index in [1.165, 1.54) is 0 Å². The van der Waals surface area contributed by atoms with E-state index >= 15 is 0 Å². The van der Waals surface area contributed by atoms with Gasteiger partial charge in [0.1, 0.15) is 17.3 Å². The largest absolute Gasteiger partial charge is 0.378 e.